The molecule has 2 saturated heterocycles. The van der Waals surface area contributed by atoms with Gasteiger partial charge in [-0.25, -0.2) is 12.7 Å². The van der Waals surface area contributed by atoms with Crippen LogP contribution in [0.3, 0.4) is 0 Å². The van der Waals surface area contributed by atoms with Gasteiger partial charge in [0.1, 0.15) is 0 Å². The SMILES string of the molecule is O=C(O)CCC1CCCCN1C(=O)CCN1CCCS1(=O)=O. The average molecular weight is 332 g/mol. The first-order valence-electron chi connectivity index (χ1n) is 7.89. The van der Waals surface area contributed by atoms with Crippen LogP contribution in [-0.2, 0) is 19.6 Å². The third kappa shape index (κ3) is 4.42. The van der Waals surface area contributed by atoms with Crippen molar-refractivity contribution in [1.82, 2.24) is 9.21 Å². The first kappa shape index (κ1) is 17.2. The number of hydrogen-bond donors (Lipinski definition) is 1. The summed E-state index contributed by atoms with van der Waals surface area (Å²) in [5, 5.41) is 8.80. The Morgan fingerprint density at radius 2 is 1.86 bits per heavy atom. The molecule has 7 nitrogen and oxygen atoms in total. The number of aliphatic carboxylic acids is 1. The largest absolute Gasteiger partial charge is 0.481 e. The van der Waals surface area contributed by atoms with Gasteiger partial charge >= 0.3 is 5.97 Å². The lowest BCUT2D eigenvalue weighted by Gasteiger charge is -2.36. The molecular formula is C14H24N2O5S. The van der Waals surface area contributed by atoms with Gasteiger partial charge in [-0.05, 0) is 32.1 Å². The molecule has 0 bridgehead atoms. The summed E-state index contributed by atoms with van der Waals surface area (Å²) in [4.78, 5) is 24.8. The predicted molar refractivity (Wildman–Crippen MR) is 80.8 cm³/mol. The van der Waals surface area contributed by atoms with E-state index < -0.39 is 16.0 Å². The minimum atomic E-state index is -3.16. The molecule has 0 aliphatic carbocycles. The molecule has 2 aliphatic heterocycles. The number of nitrogens with zero attached hydrogens (tertiary/aromatic N) is 2. The van der Waals surface area contributed by atoms with Crippen LogP contribution in [0.15, 0.2) is 0 Å². The predicted octanol–water partition coefficient (Wildman–Crippen LogP) is 0.658. The molecule has 1 amide bonds. The molecule has 1 unspecified atom stereocenters. The van der Waals surface area contributed by atoms with E-state index in [9.17, 15) is 18.0 Å². The number of carboxylic acids is 1. The highest BCUT2D eigenvalue weighted by atomic mass is 32.2. The number of carboxylic acid groups (broad SMARTS) is 1. The molecule has 1 atom stereocenters. The summed E-state index contributed by atoms with van der Waals surface area (Å²) in [6.07, 6.45) is 4.12. The summed E-state index contributed by atoms with van der Waals surface area (Å²) >= 11 is 0. The van der Waals surface area contributed by atoms with Gasteiger partial charge in [0.15, 0.2) is 0 Å². The molecule has 2 heterocycles. The van der Waals surface area contributed by atoms with Gasteiger partial charge in [0.25, 0.3) is 0 Å². The second-order valence-electron chi connectivity index (χ2n) is 5.99. The van der Waals surface area contributed by atoms with Crippen LogP contribution in [-0.4, -0.2) is 66.0 Å². The maximum Gasteiger partial charge on any atom is 0.303 e. The van der Waals surface area contributed by atoms with Crippen molar-refractivity contribution in [3.8, 4) is 0 Å². The summed E-state index contributed by atoms with van der Waals surface area (Å²) in [5.41, 5.74) is 0. The van der Waals surface area contributed by atoms with Crippen molar-refractivity contribution in [3.05, 3.63) is 0 Å². The average Bonchev–Trinajstić information content (AvgIpc) is 2.81. The molecule has 0 saturated carbocycles. The molecule has 126 valence electrons. The maximum atomic E-state index is 12.4. The van der Waals surface area contributed by atoms with Crippen molar-refractivity contribution in [2.24, 2.45) is 0 Å². The summed E-state index contributed by atoms with van der Waals surface area (Å²) in [6, 6.07) is -0.0208. The van der Waals surface area contributed by atoms with Crippen LogP contribution in [0.25, 0.3) is 0 Å². The van der Waals surface area contributed by atoms with Crippen LogP contribution in [0.1, 0.15) is 44.9 Å². The molecule has 2 fully saturated rings. The number of hydrogen-bond acceptors (Lipinski definition) is 4. The minimum absolute atomic E-state index is 0.0208. The first-order valence-corrected chi connectivity index (χ1v) is 9.50. The van der Waals surface area contributed by atoms with Gasteiger partial charge in [-0.15, -0.1) is 0 Å². The van der Waals surface area contributed by atoms with Crippen LogP contribution in [0, 0.1) is 0 Å². The lowest BCUT2D eigenvalue weighted by atomic mass is 9.97. The zero-order valence-corrected chi connectivity index (χ0v) is 13.6. The van der Waals surface area contributed by atoms with Crippen LogP contribution in [0.2, 0.25) is 0 Å². The number of amides is 1. The van der Waals surface area contributed by atoms with Gasteiger partial charge in [-0.2, -0.15) is 0 Å². The molecule has 8 heteroatoms. The van der Waals surface area contributed by atoms with Crippen molar-refractivity contribution >= 4 is 21.9 Å². The van der Waals surface area contributed by atoms with Crippen molar-refractivity contribution < 1.29 is 23.1 Å². The normalized spacial score (nSPS) is 25.3. The molecular weight excluding hydrogens is 308 g/mol. The van der Waals surface area contributed by atoms with Crippen molar-refractivity contribution in [2.75, 3.05) is 25.4 Å². The van der Waals surface area contributed by atoms with Gasteiger partial charge < -0.3 is 10.0 Å². The topological polar surface area (TPSA) is 95.0 Å². The van der Waals surface area contributed by atoms with Gasteiger partial charge in [0.05, 0.1) is 5.75 Å². The maximum absolute atomic E-state index is 12.4. The van der Waals surface area contributed by atoms with Crippen LogP contribution in [0.5, 0.6) is 0 Å². The third-order valence-electron chi connectivity index (χ3n) is 4.42. The lowest BCUT2D eigenvalue weighted by Crippen LogP contribution is -2.45. The molecule has 1 N–H and O–H groups in total. The summed E-state index contributed by atoms with van der Waals surface area (Å²) in [5.74, 6) is -0.732. The second-order valence-corrected chi connectivity index (χ2v) is 8.08. The molecule has 0 aromatic heterocycles. The molecule has 0 spiro atoms. The van der Waals surface area contributed by atoms with Gasteiger partial charge in [0, 0.05) is 38.5 Å². The fourth-order valence-electron chi connectivity index (χ4n) is 3.23. The van der Waals surface area contributed by atoms with E-state index in [0.29, 0.717) is 25.9 Å². The van der Waals surface area contributed by atoms with Crippen LogP contribution < -0.4 is 0 Å². The smallest absolute Gasteiger partial charge is 0.303 e. The quantitative estimate of drug-likeness (QED) is 0.771. The van der Waals surface area contributed by atoms with Crippen molar-refractivity contribution in [1.29, 1.82) is 0 Å². The van der Waals surface area contributed by atoms with E-state index in [2.05, 4.69) is 0 Å². The minimum Gasteiger partial charge on any atom is -0.481 e. The Balaban J connectivity index is 1.87. The number of likely N-dealkylation sites (tertiary alicyclic amines) is 1. The highest BCUT2D eigenvalue weighted by Crippen LogP contribution is 2.22. The Morgan fingerprint density at radius 3 is 2.50 bits per heavy atom. The molecule has 0 aromatic rings. The van der Waals surface area contributed by atoms with E-state index in [0.717, 1.165) is 19.3 Å². The Kier molecular flexibility index (Phi) is 5.80. The van der Waals surface area contributed by atoms with Gasteiger partial charge in [-0.3, -0.25) is 9.59 Å². The highest BCUT2D eigenvalue weighted by molar-refractivity contribution is 7.89. The molecule has 0 aromatic carbocycles. The standard InChI is InChI=1S/C14H24N2O5S/c17-13(7-10-15-8-3-11-22(15,20)21)16-9-2-1-4-12(16)5-6-14(18)19/h12H,1-11H2,(H,18,19). The fourth-order valence-corrected chi connectivity index (χ4v) is 4.75. The second kappa shape index (κ2) is 7.41. The monoisotopic (exact) mass is 332 g/mol. The Labute approximate surface area is 131 Å². The van der Waals surface area contributed by atoms with E-state index in [1.807, 2.05) is 0 Å². The summed E-state index contributed by atoms with van der Waals surface area (Å²) in [7, 11) is -3.16. The van der Waals surface area contributed by atoms with Crippen LogP contribution >= 0.6 is 0 Å². The number of sulfonamides is 1. The Bertz CT molecular complexity index is 519. The van der Waals surface area contributed by atoms with Crippen molar-refractivity contribution in [2.45, 2.75) is 51.0 Å². The third-order valence-corrected chi connectivity index (χ3v) is 6.37. The van der Waals surface area contributed by atoms with E-state index >= 15 is 0 Å². The molecule has 0 radical (unpaired) electrons. The lowest BCUT2D eigenvalue weighted by molar-refractivity contribution is -0.140. The summed E-state index contributed by atoms with van der Waals surface area (Å²) in [6.45, 7) is 1.39. The molecule has 2 rings (SSSR count). The number of carbonyl (C=O) groups is 2. The van der Waals surface area contributed by atoms with E-state index in [-0.39, 0.29) is 37.1 Å². The zero-order chi connectivity index (χ0) is 16.2. The van der Waals surface area contributed by atoms with E-state index in [1.54, 1.807) is 4.90 Å². The number of piperidine rings is 1. The van der Waals surface area contributed by atoms with Crippen molar-refractivity contribution in [3.63, 3.8) is 0 Å². The number of rotatable bonds is 6. The van der Waals surface area contributed by atoms with Crippen LogP contribution in [0.4, 0.5) is 0 Å². The first-order chi connectivity index (χ1) is 10.4. The molecule has 22 heavy (non-hydrogen) atoms. The zero-order valence-electron chi connectivity index (χ0n) is 12.7. The number of carbonyl (C=O) groups excluding carboxylic acids is 1. The fraction of sp³-hybridized carbons (Fsp3) is 0.857. The Morgan fingerprint density at radius 1 is 1.09 bits per heavy atom. The highest BCUT2D eigenvalue weighted by Gasteiger charge is 2.31. The van der Waals surface area contributed by atoms with E-state index in [1.165, 1.54) is 4.31 Å². The molecule has 2 aliphatic rings. The van der Waals surface area contributed by atoms with Gasteiger partial charge in [0.2, 0.25) is 15.9 Å². The van der Waals surface area contributed by atoms with E-state index in [4.69, 9.17) is 5.11 Å². The van der Waals surface area contributed by atoms with Gasteiger partial charge in [-0.1, -0.05) is 0 Å². The summed E-state index contributed by atoms with van der Waals surface area (Å²) < 4.78 is 24.8. The Hall–Kier alpha value is -1.15.